The average Bonchev–Trinajstić information content (AvgIpc) is 2.60. The second-order valence-corrected chi connectivity index (χ2v) is 5.34. The summed E-state index contributed by atoms with van der Waals surface area (Å²) in [6, 6.07) is 22.5. The minimum atomic E-state index is -4.38. The highest BCUT2D eigenvalue weighted by atomic mass is 19.4. The van der Waals surface area contributed by atoms with Gasteiger partial charge >= 0.3 is 6.18 Å². The maximum atomic E-state index is 13.0. The fraction of sp³-hybridized carbons (Fsp3) is 0.100. The standard InChI is InChI=1S/C20H15F3O/c21-20(22,23)19-12-5-4-9-17(19)14-24-18-11-6-10-16(13-18)15-7-2-1-3-8-15/h1-13H,14H2. The molecule has 0 aliphatic carbocycles. The third-order valence-corrected chi connectivity index (χ3v) is 3.66. The molecule has 3 aromatic rings. The number of alkyl halides is 3. The molecule has 3 aromatic carbocycles. The van der Waals surface area contributed by atoms with Gasteiger partial charge in [-0.2, -0.15) is 13.2 Å². The van der Waals surface area contributed by atoms with Crippen LogP contribution in [0, 0.1) is 0 Å². The summed E-state index contributed by atoms with van der Waals surface area (Å²) in [7, 11) is 0. The van der Waals surface area contributed by atoms with Crippen LogP contribution >= 0.6 is 0 Å². The number of benzene rings is 3. The molecule has 24 heavy (non-hydrogen) atoms. The Balaban J connectivity index is 1.79. The number of rotatable bonds is 4. The SMILES string of the molecule is FC(F)(F)c1ccccc1COc1cccc(-c2ccccc2)c1. The first-order valence-corrected chi connectivity index (χ1v) is 7.47. The molecule has 0 unspecified atom stereocenters. The van der Waals surface area contributed by atoms with Crippen molar-refractivity contribution in [3.8, 4) is 16.9 Å². The van der Waals surface area contributed by atoms with E-state index in [-0.39, 0.29) is 12.2 Å². The number of hydrogen-bond acceptors (Lipinski definition) is 1. The fourth-order valence-corrected chi connectivity index (χ4v) is 2.48. The highest BCUT2D eigenvalue weighted by Crippen LogP contribution is 2.32. The second-order valence-electron chi connectivity index (χ2n) is 5.34. The van der Waals surface area contributed by atoms with E-state index in [0.717, 1.165) is 17.2 Å². The van der Waals surface area contributed by atoms with Gasteiger partial charge in [-0.25, -0.2) is 0 Å². The van der Waals surface area contributed by atoms with Gasteiger partial charge in [0.25, 0.3) is 0 Å². The van der Waals surface area contributed by atoms with Crippen LogP contribution in [0.3, 0.4) is 0 Å². The van der Waals surface area contributed by atoms with E-state index < -0.39 is 11.7 Å². The smallest absolute Gasteiger partial charge is 0.416 e. The number of halogens is 3. The largest absolute Gasteiger partial charge is 0.489 e. The van der Waals surface area contributed by atoms with Crippen LogP contribution in [0.15, 0.2) is 78.9 Å². The van der Waals surface area contributed by atoms with Gasteiger partial charge in [-0.15, -0.1) is 0 Å². The molecule has 0 atom stereocenters. The van der Waals surface area contributed by atoms with E-state index in [4.69, 9.17) is 4.74 Å². The lowest BCUT2D eigenvalue weighted by molar-refractivity contribution is -0.138. The monoisotopic (exact) mass is 328 g/mol. The normalized spacial score (nSPS) is 11.3. The molecule has 0 bridgehead atoms. The van der Waals surface area contributed by atoms with Crippen molar-refractivity contribution in [2.24, 2.45) is 0 Å². The molecule has 0 spiro atoms. The molecule has 0 saturated carbocycles. The minimum absolute atomic E-state index is 0.120. The first-order chi connectivity index (χ1) is 11.5. The summed E-state index contributed by atoms with van der Waals surface area (Å²) in [4.78, 5) is 0. The van der Waals surface area contributed by atoms with Crippen molar-refractivity contribution in [3.63, 3.8) is 0 Å². The van der Waals surface area contributed by atoms with Crippen LogP contribution in [0.4, 0.5) is 13.2 Å². The Hall–Kier alpha value is -2.75. The zero-order chi connectivity index (χ0) is 17.0. The van der Waals surface area contributed by atoms with Crippen LogP contribution in [0.25, 0.3) is 11.1 Å². The Morgan fingerprint density at radius 2 is 1.38 bits per heavy atom. The predicted molar refractivity (Wildman–Crippen MR) is 87.7 cm³/mol. The van der Waals surface area contributed by atoms with Crippen molar-refractivity contribution in [3.05, 3.63) is 90.0 Å². The minimum Gasteiger partial charge on any atom is -0.489 e. The van der Waals surface area contributed by atoms with E-state index in [0.29, 0.717) is 5.75 Å². The average molecular weight is 328 g/mol. The van der Waals surface area contributed by atoms with Gasteiger partial charge in [-0.05, 0) is 29.3 Å². The molecule has 1 nitrogen and oxygen atoms in total. The van der Waals surface area contributed by atoms with Crippen molar-refractivity contribution in [1.82, 2.24) is 0 Å². The van der Waals surface area contributed by atoms with Gasteiger partial charge in [-0.1, -0.05) is 60.7 Å². The van der Waals surface area contributed by atoms with Crippen LogP contribution in [0.1, 0.15) is 11.1 Å². The van der Waals surface area contributed by atoms with E-state index >= 15 is 0 Å². The lowest BCUT2D eigenvalue weighted by atomic mass is 10.1. The Kier molecular flexibility index (Phi) is 4.56. The topological polar surface area (TPSA) is 9.23 Å². The Labute approximate surface area is 138 Å². The molecule has 3 rings (SSSR count). The Morgan fingerprint density at radius 3 is 2.12 bits per heavy atom. The summed E-state index contributed by atoms with van der Waals surface area (Å²) in [6.07, 6.45) is -4.38. The third-order valence-electron chi connectivity index (χ3n) is 3.66. The summed E-state index contributed by atoms with van der Waals surface area (Å²) in [5.74, 6) is 0.535. The molecule has 0 heterocycles. The van der Waals surface area contributed by atoms with Gasteiger partial charge in [0.05, 0.1) is 5.56 Å². The molecule has 0 radical (unpaired) electrons. The lowest BCUT2D eigenvalue weighted by Gasteiger charge is -2.14. The van der Waals surface area contributed by atoms with Gasteiger partial charge in [0.2, 0.25) is 0 Å². The first-order valence-electron chi connectivity index (χ1n) is 7.47. The van der Waals surface area contributed by atoms with Crippen LogP contribution in [-0.2, 0) is 12.8 Å². The molecule has 0 amide bonds. The maximum Gasteiger partial charge on any atom is 0.416 e. The van der Waals surface area contributed by atoms with Gasteiger partial charge < -0.3 is 4.74 Å². The molecule has 0 aliphatic heterocycles. The van der Waals surface area contributed by atoms with Crippen LogP contribution in [0.5, 0.6) is 5.75 Å². The Morgan fingerprint density at radius 1 is 0.708 bits per heavy atom. The van der Waals surface area contributed by atoms with Crippen molar-refractivity contribution < 1.29 is 17.9 Å². The molecular weight excluding hydrogens is 313 g/mol. The van der Waals surface area contributed by atoms with E-state index in [1.54, 1.807) is 12.1 Å². The van der Waals surface area contributed by atoms with Crippen molar-refractivity contribution >= 4 is 0 Å². The molecule has 0 aromatic heterocycles. The van der Waals surface area contributed by atoms with Crippen molar-refractivity contribution in [1.29, 1.82) is 0 Å². The van der Waals surface area contributed by atoms with Gasteiger partial charge in [0.15, 0.2) is 0 Å². The van der Waals surface area contributed by atoms with Gasteiger partial charge in [0.1, 0.15) is 12.4 Å². The van der Waals surface area contributed by atoms with E-state index in [1.165, 1.54) is 12.1 Å². The fourth-order valence-electron chi connectivity index (χ4n) is 2.48. The molecule has 122 valence electrons. The van der Waals surface area contributed by atoms with Crippen molar-refractivity contribution in [2.45, 2.75) is 12.8 Å². The molecule has 0 fully saturated rings. The molecular formula is C20H15F3O. The van der Waals surface area contributed by atoms with Crippen LogP contribution < -0.4 is 4.74 Å². The zero-order valence-electron chi connectivity index (χ0n) is 12.8. The number of hydrogen-bond donors (Lipinski definition) is 0. The van der Waals surface area contributed by atoms with E-state index in [1.807, 2.05) is 48.5 Å². The molecule has 0 saturated heterocycles. The van der Waals surface area contributed by atoms with Gasteiger partial charge in [0, 0.05) is 5.56 Å². The Bertz CT molecular complexity index is 810. The lowest BCUT2D eigenvalue weighted by Crippen LogP contribution is -2.10. The van der Waals surface area contributed by atoms with Crippen LogP contribution in [0.2, 0.25) is 0 Å². The first kappa shape index (κ1) is 16.1. The summed E-state index contributed by atoms with van der Waals surface area (Å²) in [5, 5.41) is 0. The molecule has 4 heteroatoms. The van der Waals surface area contributed by atoms with Crippen molar-refractivity contribution in [2.75, 3.05) is 0 Å². The van der Waals surface area contributed by atoms with Gasteiger partial charge in [-0.3, -0.25) is 0 Å². The third kappa shape index (κ3) is 3.77. The molecule has 0 N–H and O–H groups in total. The summed E-state index contributed by atoms with van der Waals surface area (Å²) in [6.45, 7) is -0.131. The summed E-state index contributed by atoms with van der Waals surface area (Å²) >= 11 is 0. The number of ether oxygens (including phenoxy) is 1. The zero-order valence-corrected chi connectivity index (χ0v) is 12.8. The second kappa shape index (κ2) is 6.79. The highest BCUT2D eigenvalue weighted by Gasteiger charge is 2.32. The predicted octanol–water partition coefficient (Wildman–Crippen LogP) is 5.95. The summed E-state index contributed by atoms with van der Waals surface area (Å²) < 4.78 is 44.6. The van der Waals surface area contributed by atoms with E-state index in [2.05, 4.69) is 0 Å². The van der Waals surface area contributed by atoms with Crippen LogP contribution in [-0.4, -0.2) is 0 Å². The highest BCUT2D eigenvalue weighted by molar-refractivity contribution is 5.64. The van der Waals surface area contributed by atoms with E-state index in [9.17, 15) is 13.2 Å². The molecule has 0 aliphatic rings. The maximum absolute atomic E-state index is 13.0. The summed E-state index contributed by atoms with van der Waals surface area (Å²) in [5.41, 5.74) is 1.44. The quantitative estimate of drug-likeness (QED) is 0.575.